The summed E-state index contributed by atoms with van der Waals surface area (Å²) in [5, 5.41) is 9.10. The Bertz CT molecular complexity index is 263. The van der Waals surface area contributed by atoms with Crippen LogP contribution in [0.15, 0.2) is 18.2 Å². The molecule has 0 aliphatic carbocycles. The Morgan fingerprint density at radius 2 is 2.17 bits per heavy atom. The highest BCUT2D eigenvalue weighted by Gasteiger charge is 2.05. The van der Waals surface area contributed by atoms with Gasteiger partial charge in [0.25, 0.3) is 0 Å². The van der Waals surface area contributed by atoms with Gasteiger partial charge in [-0.25, -0.2) is 4.39 Å². The van der Waals surface area contributed by atoms with Crippen molar-refractivity contribution in [3.05, 3.63) is 34.3 Å². The maximum Gasteiger partial charge on any atom is 0.116 e. The third-order valence-corrected chi connectivity index (χ3v) is 2.08. The number of hydrogen-bond acceptors (Lipinski definition) is 1. The second-order valence-electron chi connectivity index (χ2n) is 2.48. The molecule has 0 amide bonds. The zero-order valence-electron chi connectivity index (χ0n) is 6.56. The van der Waals surface area contributed by atoms with Crippen LogP contribution in [0.5, 0.6) is 0 Å². The fourth-order valence-electron chi connectivity index (χ4n) is 1.11. The predicted molar refractivity (Wildman–Crippen MR) is 47.1 cm³/mol. The molecule has 66 valence electrons. The first kappa shape index (κ1) is 9.49. The van der Waals surface area contributed by atoms with Gasteiger partial charge in [0.15, 0.2) is 0 Å². The Labute approximate surface area is 75.8 Å². The molecule has 1 N–H and O–H groups in total. The topological polar surface area (TPSA) is 20.2 Å². The quantitative estimate of drug-likeness (QED) is 0.772. The normalized spacial score (nSPS) is 10.2. The third kappa shape index (κ3) is 1.96. The molecule has 0 unspecified atom stereocenters. The number of aliphatic hydroxyl groups is 1. The van der Waals surface area contributed by atoms with Crippen LogP contribution >= 0.6 is 11.6 Å². The van der Waals surface area contributed by atoms with E-state index in [1.165, 1.54) is 0 Å². The maximum atomic E-state index is 12.4. The first-order valence-corrected chi connectivity index (χ1v) is 4.10. The molecule has 1 aromatic carbocycles. The highest BCUT2D eigenvalue weighted by Crippen LogP contribution is 2.21. The Balaban J connectivity index is 3.00. The Kier molecular flexibility index (Phi) is 3.50. The summed E-state index contributed by atoms with van der Waals surface area (Å²) in [5.74, 6) is 0. The van der Waals surface area contributed by atoms with Crippen molar-refractivity contribution in [2.24, 2.45) is 0 Å². The van der Waals surface area contributed by atoms with Gasteiger partial charge in [-0.2, -0.15) is 0 Å². The van der Waals surface area contributed by atoms with Crippen LogP contribution in [-0.2, 0) is 13.1 Å². The van der Waals surface area contributed by atoms with Crippen molar-refractivity contribution in [1.82, 2.24) is 0 Å². The fourth-order valence-corrected chi connectivity index (χ4v) is 1.35. The molecule has 0 aliphatic rings. The van der Waals surface area contributed by atoms with Gasteiger partial charge >= 0.3 is 0 Å². The van der Waals surface area contributed by atoms with Gasteiger partial charge in [0.1, 0.15) is 6.67 Å². The number of hydrogen-bond donors (Lipinski definition) is 1. The number of benzene rings is 1. The average molecular weight is 189 g/mol. The summed E-state index contributed by atoms with van der Waals surface area (Å²) < 4.78 is 12.4. The fraction of sp³-hybridized carbons (Fsp3) is 0.333. The summed E-state index contributed by atoms with van der Waals surface area (Å²) in [6.07, 6.45) is 0.458. The van der Waals surface area contributed by atoms with Crippen molar-refractivity contribution in [2.75, 3.05) is 6.61 Å². The predicted octanol–water partition coefficient (Wildman–Crippen LogP) is 2.34. The molecule has 0 fully saturated rings. The Morgan fingerprint density at radius 1 is 1.42 bits per heavy atom. The third-order valence-electron chi connectivity index (χ3n) is 1.73. The van der Waals surface area contributed by atoms with E-state index in [4.69, 9.17) is 16.7 Å². The van der Waals surface area contributed by atoms with E-state index in [2.05, 4.69) is 0 Å². The van der Waals surface area contributed by atoms with E-state index in [9.17, 15) is 4.39 Å². The van der Waals surface area contributed by atoms with Crippen LogP contribution in [0.1, 0.15) is 11.1 Å². The van der Waals surface area contributed by atoms with Gasteiger partial charge in [-0.15, -0.1) is 0 Å². The number of aliphatic hydroxyl groups excluding tert-OH is 1. The molecule has 0 heterocycles. The lowest BCUT2D eigenvalue weighted by molar-refractivity contribution is 0.299. The van der Waals surface area contributed by atoms with Crippen molar-refractivity contribution in [3.8, 4) is 0 Å². The minimum absolute atomic E-state index is 0.0212. The zero-order chi connectivity index (χ0) is 8.97. The molecule has 1 nitrogen and oxygen atoms in total. The van der Waals surface area contributed by atoms with Crippen molar-refractivity contribution >= 4 is 11.6 Å². The Hall–Kier alpha value is -0.600. The van der Waals surface area contributed by atoms with Crippen LogP contribution < -0.4 is 0 Å². The standard InChI is InChI=1S/C9H10ClFO/c10-9-3-1-2-7(4-5-12)8(9)6-11/h1-3,12H,4-6H2. The lowest BCUT2D eigenvalue weighted by atomic mass is 10.1. The Morgan fingerprint density at radius 3 is 2.75 bits per heavy atom. The minimum atomic E-state index is -0.574. The van der Waals surface area contributed by atoms with Crippen LogP contribution in [0.25, 0.3) is 0 Å². The summed E-state index contributed by atoms with van der Waals surface area (Å²) in [7, 11) is 0. The van der Waals surface area contributed by atoms with E-state index >= 15 is 0 Å². The number of rotatable bonds is 3. The molecule has 1 aromatic rings. The highest BCUT2D eigenvalue weighted by molar-refractivity contribution is 6.31. The van der Waals surface area contributed by atoms with Crippen LogP contribution in [-0.4, -0.2) is 11.7 Å². The molecule has 3 heteroatoms. The summed E-state index contributed by atoms with van der Waals surface area (Å²) in [4.78, 5) is 0. The van der Waals surface area contributed by atoms with Gasteiger partial charge in [0.05, 0.1) is 0 Å². The summed E-state index contributed by atoms with van der Waals surface area (Å²) in [5.41, 5.74) is 1.28. The molecule has 0 saturated heterocycles. The van der Waals surface area contributed by atoms with E-state index in [0.717, 1.165) is 5.56 Å². The molecule has 0 spiro atoms. The van der Waals surface area contributed by atoms with Crippen LogP contribution in [0.2, 0.25) is 5.02 Å². The molecule has 0 aliphatic heterocycles. The van der Waals surface area contributed by atoms with E-state index < -0.39 is 6.67 Å². The highest BCUT2D eigenvalue weighted by atomic mass is 35.5. The van der Waals surface area contributed by atoms with E-state index in [0.29, 0.717) is 17.0 Å². The first-order chi connectivity index (χ1) is 5.79. The average Bonchev–Trinajstić information content (AvgIpc) is 2.05. The largest absolute Gasteiger partial charge is 0.396 e. The van der Waals surface area contributed by atoms with Gasteiger partial charge in [-0.05, 0) is 18.1 Å². The van der Waals surface area contributed by atoms with Gasteiger partial charge in [0, 0.05) is 17.2 Å². The van der Waals surface area contributed by atoms with Crippen LogP contribution in [0, 0.1) is 0 Å². The maximum absolute atomic E-state index is 12.4. The van der Waals surface area contributed by atoms with Crippen molar-refractivity contribution < 1.29 is 9.50 Å². The monoisotopic (exact) mass is 188 g/mol. The van der Waals surface area contributed by atoms with E-state index in [1.54, 1.807) is 18.2 Å². The zero-order valence-corrected chi connectivity index (χ0v) is 7.31. The van der Waals surface area contributed by atoms with Gasteiger partial charge < -0.3 is 5.11 Å². The van der Waals surface area contributed by atoms with Crippen LogP contribution in [0.3, 0.4) is 0 Å². The number of halogens is 2. The van der Waals surface area contributed by atoms with Crippen LogP contribution in [0.4, 0.5) is 4.39 Å². The van der Waals surface area contributed by atoms with E-state index in [-0.39, 0.29) is 6.61 Å². The molecule has 12 heavy (non-hydrogen) atoms. The molecular weight excluding hydrogens is 179 g/mol. The first-order valence-electron chi connectivity index (χ1n) is 3.72. The molecule has 0 radical (unpaired) electrons. The van der Waals surface area contributed by atoms with Crippen molar-refractivity contribution in [1.29, 1.82) is 0 Å². The molecule has 1 rings (SSSR count). The SMILES string of the molecule is OCCc1cccc(Cl)c1CF. The minimum Gasteiger partial charge on any atom is -0.396 e. The lowest BCUT2D eigenvalue weighted by Gasteiger charge is -2.05. The molecular formula is C9H10ClFO. The van der Waals surface area contributed by atoms with Crippen molar-refractivity contribution in [3.63, 3.8) is 0 Å². The second kappa shape index (κ2) is 4.43. The molecule has 0 saturated carbocycles. The lowest BCUT2D eigenvalue weighted by Crippen LogP contribution is -1.96. The van der Waals surface area contributed by atoms with Gasteiger partial charge in [-0.3, -0.25) is 0 Å². The summed E-state index contributed by atoms with van der Waals surface area (Å²) in [6.45, 7) is -0.553. The summed E-state index contributed by atoms with van der Waals surface area (Å²) in [6, 6.07) is 5.18. The van der Waals surface area contributed by atoms with Gasteiger partial charge in [0.2, 0.25) is 0 Å². The molecule has 0 aromatic heterocycles. The second-order valence-corrected chi connectivity index (χ2v) is 2.89. The smallest absolute Gasteiger partial charge is 0.116 e. The summed E-state index contributed by atoms with van der Waals surface area (Å²) >= 11 is 5.74. The van der Waals surface area contributed by atoms with Gasteiger partial charge in [-0.1, -0.05) is 23.7 Å². The molecule has 0 bridgehead atoms. The number of alkyl halides is 1. The van der Waals surface area contributed by atoms with Crippen molar-refractivity contribution in [2.45, 2.75) is 13.1 Å². The van der Waals surface area contributed by atoms with E-state index in [1.807, 2.05) is 0 Å². The molecule has 0 atom stereocenters.